The maximum Gasteiger partial charge on any atom is 0.307 e. The first-order valence-corrected chi connectivity index (χ1v) is 7.70. The molecule has 1 aromatic carbocycles. The van der Waals surface area contributed by atoms with Crippen LogP contribution >= 0.6 is 0 Å². The van der Waals surface area contributed by atoms with Gasteiger partial charge < -0.3 is 9.26 Å². The number of fused-ring (bicyclic) bond motifs is 1. The van der Waals surface area contributed by atoms with Crippen molar-refractivity contribution >= 4 is 16.9 Å². The first-order chi connectivity index (χ1) is 11.6. The van der Waals surface area contributed by atoms with Crippen molar-refractivity contribution in [2.75, 3.05) is 6.61 Å². The van der Waals surface area contributed by atoms with Crippen molar-refractivity contribution in [1.29, 1.82) is 0 Å². The molecule has 3 aromatic rings. The molecule has 124 valence electrons. The smallest absolute Gasteiger partial charge is 0.307 e. The molecule has 0 N–H and O–H groups in total. The molecule has 7 nitrogen and oxygen atoms in total. The molecule has 0 saturated heterocycles. The number of hydrogen-bond donors (Lipinski definition) is 0. The lowest BCUT2D eigenvalue weighted by Gasteiger charge is -2.08. The van der Waals surface area contributed by atoms with Crippen molar-refractivity contribution in [2.45, 2.75) is 26.8 Å². The summed E-state index contributed by atoms with van der Waals surface area (Å²) in [6.45, 7) is 3.91. The molecule has 3 rings (SSSR count). The van der Waals surface area contributed by atoms with E-state index in [1.54, 1.807) is 13.8 Å². The van der Waals surface area contributed by atoms with E-state index in [0.29, 0.717) is 23.4 Å². The number of rotatable bonds is 5. The third-order valence-corrected chi connectivity index (χ3v) is 3.64. The van der Waals surface area contributed by atoms with Crippen molar-refractivity contribution < 1.29 is 14.1 Å². The Hall–Kier alpha value is -2.96. The summed E-state index contributed by atoms with van der Waals surface area (Å²) in [6, 6.07) is 9.47. The maximum absolute atomic E-state index is 12.5. The predicted molar refractivity (Wildman–Crippen MR) is 87.5 cm³/mol. The van der Waals surface area contributed by atoms with Gasteiger partial charge >= 0.3 is 5.97 Å². The van der Waals surface area contributed by atoms with Crippen LogP contribution in [0.25, 0.3) is 22.2 Å². The van der Waals surface area contributed by atoms with E-state index in [9.17, 15) is 9.59 Å². The van der Waals surface area contributed by atoms with E-state index in [1.165, 1.54) is 4.68 Å². The minimum absolute atomic E-state index is 0.0668. The van der Waals surface area contributed by atoms with Gasteiger partial charge in [0.05, 0.1) is 25.0 Å². The zero-order valence-electron chi connectivity index (χ0n) is 13.5. The second-order valence-electron chi connectivity index (χ2n) is 5.26. The molecule has 24 heavy (non-hydrogen) atoms. The number of ether oxygens (including phenoxy) is 1. The fourth-order valence-corrected chi connectivity index (χ4v) is 2.52. The van der Waals surface area contributed by atoms with Crippen molar-refractivity contribution in [3.8, 4) is 11.3 Å². The van der Waals surface area contributed by atoms with Crippen LogP contribution in [0.5, 0.6) is 0 Å². The summed E-state index contributed by atoms with van der Waals surface area (Å²) in [4.78, 5) is 24.1. The summed E-state index contributed by atoms with van der Waals surface area (Å²) in [6.07, 6.45) is 0.0668. The van der Waals surface area contributed by atoms with Gasteiger partial charge in [0.25, 0.3) is 5.56 Å². The van der Waals surface area contributed by atoms with Crippen molar-refractivity contribution in [3.05, 3.63) is 46.4 Å². The highest BCUT2D eigenvalue weighted by molar-refractivity contribution is 5.92. The summed E-state index contributed by atoms with van der Waals surface area (Å²) in [5, 5.41) is 8.89. The number of carbonyl (C=O) groups is 1. The van der Waals surface area contributed by atoms with Crippen LogP contribution in [0.4, 0.5) is 0 Å². The molecular weight excluding hydrogens is 310 g/mol. The minimum Gasteiger partial charge on any atom is -0.466 e. The topological polar surface area (TPSA) is 87.2 Å². The van der Waals surface area contributed by atoms with Gasteiger partial charge in [0, 0.05) is 5.56 Å². The average molecular weight is 327 g/mol. The van der Waals surface area contributed by atoms with E-state index in [2.05, 4.69) is 10.3 Å². The highest BCUT2D eigenvalue weighted by Crippen LogP contribution is 2.26. The molecule has 0 fully saturated rings. The molecule has 0 aliphatic carbocycles. The van der Waals surface area contributed by atoms with E-state index in [1.807, 2.05) is 30.3 Å². The third kappa shape index (κ3) is 2.92. The molecule has 0 aliphatic rings. The Morgan fingerprint density at radius 1 is 1.29 bits per heavy atom. The van der Waals surface area contributed by atoms with Crippen LogP contribution in [0.1, 0.15) is 19.1 Å². The van der Waals surface area contributed by atoms with E-state index in [4.69, 9.17) is 9.26 Å². The standard InChI is InChI=1S/C17H17N3O4/c1-3-23-13(21)9-10-20-17(22)16-14(11(2)24-19-16)15(18-20)12-7-5-4-6-8-12/h4-8H,3,9-10H2,1-2H3. The molecule has 7 heteroatoms. The first-order valence-electron chi connectivity index (χ1n) is 7.70. The first kappa shape index (κ1) is 15.9. The van der Waals surface area contributed by atoms with Gasteiger partial charge in [0.2, 0.25) is 0 Å². The van der Waals surface area contributed by atoms with E-state index >= 15 is 0 Å². The number of benzene rings is 1. The summed E-state index contributed by atoms with van der Waals surface area (Å²) >= 11 is 0. The molecule has 0 bridgehead atoms. The van der Waals surface area contributed by atoms with Crippen molar-refractivity contribution in [1.82, 2.24) is 14.9 Å². The number of nitrogens with zero attached hydrogens (tertiary/aromatic N) is 3. The molecule has 0 spiro atoms. The fourth-order valence-electron chi connectivity index (χ4n) is 2.52. The zero-order chi connectivity index (χ0) is 17.1. The minimum atomic E-state index is -0.383. The molecule has 2 heterocycles. The van der Waals surface area contributed by atoms with Crippen LogP contribution in [0, 0.1) is 6.92 Å². The van der Waals surface area contributed by atoms with Gasteiger partial charge in [-0.05, 0) is 13.8 Å². The molecule has 2 aromatic heterocycles. The predicted octanol–water partition coefficient (Wildman–Crippen LogP) is 2.31. The normalized spacial score (nSPS) is 10.9. The number of hydrogen-bond acceptors (Lipinski definition) is 6. The van der Waals surface area contributed by atoms with Crippen LogP contribution in [-0.4, -0.2) is 27.5 Å². The van der Waals surface area contributed by atoms with Crippen LogP contribution in [0.3, 0.4) is 0 Å². The third-order valence-electron chi connectivity index (χ3n) is 3.64. The van der Waals surface area contributed by atoms with Gasteiger partial charge in [0.1, 0.15) is 11.5 Å². The Morgan fingerprint density at radius 3 is 2.75 bits per heavy atom. The number of carbonyl (C=O) groups excluding carboxylic acids is 1. The summed E-state index contributed by atoms with van der Waals surface area (Å²) in [5.41, 5.74) is 1.28. The molecule has 0 radical (unpaired) electrons. The Morgan fingerprint density at radius 2 is 2.04 bits per heavy atom. The van der Waals surface area contributed by atoms with E-state index in [-0.39, 0.29) is 30.0 Å². The summed E-state index contributed by atoms with van der Waals surface area (Å²) in [5.74, 6) is 0.162. The van der Waals surface area contributed by atoms with Gasteiger partial charge in [0.15, 0.2) is 5.52 Å². The second-order valence-corrected chi connectivity index (χ2v) is 5.26. The molecule has 0 saturated carbocycles. The fraction of sp³-hybridized carbons (Fsp3) is 0.294. The lowest BCUT2D eigenvalue weighted by atomic mass is 10.1. The van der Waals surface area contributed by atoms with E-state index in [0.717, 1.165) is 5.56 Å². The zero-order valence-corrected chi connectivity index (χ0v) is 13.5. The monoisotopic (exact) mass is 327 g/mol. The highest BCUT2D eigenvalue weighted by Gasteiger charge is 2.19. The molecule has 0 atom stereocenters. The Bertz CT molecular complexity index is 928. The van der Waals surface area contributed by atoms with Crippen LogP contribution < -0.4 is 5.56 Å². The van der Waals surface area contributed by atoms with Crippen molar-refractivity contribution in [2.24, 2.45) is 0 Å². The lowest BCUT2D eigenvalue weighted by Crippen LogP contribution is -2.25. The van der Waals surface area contributed by atoms with E-state index < -0.39 is 0 Å². The second kappa shape index (κ2) is 6.66. The Balaban J connectivity index is 2.10. The van der Waals surface area contributed by atoms with Crippen LogP contribution in [-0.2, 0) is 16.1 Å². The number of esters is 1. The summed E-state index contributed by atoms with van der Waals surface area (Å²) in [7, 11) is 0. The lowest BCUT2D eigenvalue weighted by molar-refractivity contribution is -0.143. The van der Waals surface area contributed by atoms with Gasteiger partial charge in [-0.1, -0.05) is 35.5 Å². The Kier molecular flexibility index (Phi) is 4.41. The number of aryl methyl sites for hydroxylation is 2. The van der Waals surface area contributed by atoms with Crippen LogP contribution in [0.2, 0.25) is 0 Å². The summed E-state index contributed by atoms with van der Waals surface area (Å²) < 4.78 is 11.3. The van der Waals surface area contributed by atoms with Gasteiger partial charge in [-0.25, -0.2) is 4.68 Å². The van der Waals surface area contributed by atoms with Gasteiger partial charge in [-0.2, -0.15) is 5.10 Å². The molecule has 0 aliphatic heterocycles. The van der Waals surface area contributed by atoms with Gasteiger partial charge in [-0.3, -0.25) is 9.59 Å². The SMILES string of the molecule is CCOC(=O)CCn1nc(-c2ccccc2)c2c(C)onc2c1=O. The quantitative estimate of drug-likeness (QED) is 0.668. The molecular formula is C17H17N3O4. The average Bonchev–Trinajstić information content (AvgIpc) is 2.98. The van der Waals surface area contributed by atoms with Gasteiger partial charge in [-0.15, -0.1) is 0 Å². The highest BCUT2D eigenvalue weighted by atomic mass is 16.5. The van der Waals surface area contributed by atoms with Crippen molar-refractivity contribution in [3.63, 3.8) is 0 Å². The largest absolute Gasteiger partial charge is 0.466 e. The Labute approximate surface area is 137 Å². The number of aromatic nitrogens is 3. The molecule has 0 unspecified atom stereocenters. The maximum atomic E-state index is 12.5. The van der Waals surface area contributed by atoms with Crippen LogP contribution in [0.15, 0.2) is 39.6 Å². The molecule has 0 amide bonds.